The second kappa shape index (κ2) is 9.57. The van der Waals surface area contributed by atoms with Crippen molar-refractivity contribution in [3.8, 4) is 0 Å². The highest BCUT2D eigenvalue weighted by Crippen LogP contribution is 2.29. The molecule has 5 nitrogen and oxygen atoms in total. The molecule has 3 rings (SSSR count). The smallest absolute Gasteiger partial charge is 0.230 e. The lowest BCUT2D eigenvalue weighted by atomic mass is 10.2. The van der Waals surface area contributed by atoms with E-state index in [2.05, 4.69) is 15.6 Å². The molecule has 2 amide bonds. The molecule has 0 aliphatic heterocycles. The lowest BCUT2D eigenvalue weighted by Gasteiger charge is -2.10. The van der Waals surface area contributed by atoms with Gasteiger partial charge in [-0.1, -0.05) is 31.0 Å². The van der Waals surface area contributed by atoms with Gasteiger partial charge in [0.2, 0.25) is 11.8 Å². The van der Waals surface area contributed by atoms with Crippen LogP contribution >= 0.6 is 11.8 Å². The Morgan fingerprint density at radius 3 is 2.77 bits per heavy atom. The fourth-order valence-corrected chi connectivity index (χ4v) is 4.35. The highest BCUT2D eigenvalue weighted by molar-refractivity contribution is 8.00. The number of thioether (sulfide) groups is 1. The van der Waals surface area contributed by atoms with Gasteiger partial charge in [-0.3, -0.25) is 14.6 Å². The van der Waals surface area contributed by atoms with Gasteiger partial charge in [0.05, 0.1) is 17.0 Å². The second-order valence-corrected chi connectivity index (χ2v) is 7.89. The Labute approximate surface area is 158 Å². The van der Waals surface area contributed by atoms with Crippen molar-refractivity contribution in [3.63, 3.8) is 0 Å². The van der Waals surface area contributed by atoms with E-state index < -0.39 is 0 Å². The maximum absolute atomic E-state index is 12.1. The zero-order valence-electron chi connectivity index (χ0n) is 14.9. The molecule has 2 N–H and O–H groups in total. The van der Waals surface area contributed by atoms with E-state index in [0.717, 1.165) is 16.6 Å². The molecule has 6 heteroatoms. The molecule has 1 heterocycles. The van der Waals surface area contributed by atoms with Crippen LogP contribution in [-0.2, 0) is 9.59 Å². The predicted molar refractivity (Wildman–Crippen MR) is 107 cm³/mol. The average molecular weight is 372 g/mol. The number of rotatable bonds is 8. The monoisotopic (exact) mass is 371 g/mol. The summed E-state index contributed by atoms with van der Waals surface area (Å²) in [6.45, 7) is 0.533. The normalized spacial score (nSPS) is 14.5. The maximum atomic E-state index is 12.1. The molecular weight excluding hydrogens is 346 g/mol. The minimum absolute atomic E-state index is 0.0577. The number of aromatic nitrogens is 1. The fourth-order valence-electron chi connectivity index (χ4n) is 3.19. The Balaban J connectivity index is 1.35. The molecule has 138 valence electrons. The molecule has 1 aliphatic rings. The summed E-state index contributed by atoms with van der Waals surface area (Å²) in [5, 5.41) is 7.47. The van der Waals surface area contributed by atoms with E-state index >= 15 is 0 Å². The first-order valence-corrected chi connectivity index (χ1v) is 10.3. The van der Waals surface area contributed by atoms with Crippen LogP contribution in [0.15, 0.2) is 36.5 Å². The molecule has 1 fully saturated rings. The second-order valence-electron chi connectivity index (χ2n) is 6.60. The SMILES string of the molecule is O=C(CSC1CCCC1)NCCCC(=O)Nc1cccc2cccnc12. The molecule has 1 aromatic carbocycles. The quantitative estimate of drug-likeness (QED) is 0.694. The summed E-state index contributed by atoms with van der Waals surface area (Å²) in [5.41, 5.74) is 1.52. The van der Waals surface area contributed by atoms with Crippen molar-refractivity contribution < 1.29 is 9.59 Å². The van der Waals surface area contributed by atoms with Crippen LogP contribution in [0.25, 0.3) is 10.9 Å². The van der Waals surface area contributed by atoms with Gasteiger partial charge in [0.15, 0.2) is 0 Å². The van der Waals surface area contributed by atoms with E-state index in [-0.39, 0.29) is 11.8 Å². The van der Waals surface area contributed by atoms with E-state index in [1.54, 1.807) is 18.0 Å². The van der Waals surface area contributed by atoms with Crippen LogP contribution < -0.4 is 10.6 Å². The summed E-state index contributed by atoms with van der Waals surface area (Å²) in [5.74, 6) is 0.539. The number of benzene rings is 1. The van der Waals surface area contributed by atoms with Crippen molar-refractivity contribution in [1.82, 2.24) is 10.3 Å². The van der Waals surface area contributed by atoms with E-state index in [0.29, 0.717) is 30.4 Å². The summed E-state index contributed by atoms with van der Waals surface area (Å²) in [6, 6.07) is 9.58. The third-order valence-electron chi connectivity index (χ3n) is 4.56. The van der Waals surface area contributed by atoms with Crippen LogP contribution in [0.5, 0.6) is 0 Å². The molecule has 0 unspecified atom stereocenters. The molecule has 2 aromatic rings. The average Bonchev–Trinajstić information content (AvgIpc) is 3.17. The Morgan fingerprint density at radius 1 is 1.12 bits per heavy atom. The summed E-state index contributed by atoms with van der Waals surface area (Å²) >= 11 is 1.76. The van der Waals surface area contributed by atoms with Gasteiger partial charge in [0, 0.05) is 29.8 Å². The van der Waals surface area contributed by atoms with Crippen molar-refractivity contribution >= 4 is 40.2 Å². The summed E-state index contributed by atoms with van der Waals surface area (Å²) in [4.78, 5) is 28.3. The van der Waals surface area contributed by atoms with Crippen LogP contribution in [0.4, 0.5) is 5.69 Å². The van der Waals surface area contributed by atoms with Gasteiger partial charge >= 0.3 is 0 Å². The third-order valence-corrected chi connectivity index (χ3v) is 5.93. The molecular formula is C20H25N3O2S. The van der Waals surface area contributed by atoms with Crippen LogP contribution in [0.1, 0.15) is 38.5 Å². The van der Waals surface area contributed by atoms with Crippen LogP contribution in [0.2, 0.25) is 0 Å². The van der Waals surface area contributed by atoms with E-state index in [4.69, 9.17) is 0 Å². The molecule has 1 saturated carbocycles. The number of carbonyl (C=O) groups is 2. The van der Waals surface area contributed by atoms with Crippen LogP contribution in [-0.4, -0.2) is 34.3 Å². The zero-order valence-corrected chi connectivity index (χ0v) is 15.7. The van der Waals surface area contributed by atoms with Crippen molar-refractivity contribution in [2.75, 3.05) is 17.6 Å². The Morgan fingerprint density at radius 2 is 1.92 bits per heavy atom. The van der Waals surface area contributed by atoms with Gasteiger partial charge in [0.1, 0.15) is 0 Å². The minimum atomic E-state index is -0.0577. The van der Waals surface area contributed by atoms with E-state index in [9.17, 15) is 9.59 Å². The maximum Gasteiger partial charge on any atom is 0.230 e. The number of para-hydroxylation sites is 1. The first-order chi connectivity index (χ1) is 12.7. The first-order valence-electron chi connectivity index (χ1n) is 9.24. The standard InChI is InChI=1S/C20H25N3O2S/c24-18(23-17-10-3-6-15-7-4-13-22-20(15)17)11-5-12-21-19(25)14-26-16-8-1-2-9-16/h3-4,6-7,10,13,16H,1-2,5,8-9,11-12,14H2,(H,21,25)(H,23,24). The lowest BCUT2D eigenvalue weighted by Crippen LogP contribution is -2.27. The molecule has 1 aliphatic carbocycles. The highest BCUT2D eigenvalue weighted by Gasteiger charge is 2.16. The molecule has 0 spiro atoms. The summed E-state index contributed by atoms with van der Waals surface area (Å²) in [6.07, 6.45) is 7.78. The molecule has 1 aromatic heterocycles. The van der Waals surface area contributed by atoms with Crippen molar-refractivity contribution in [3.05, 3.63) is 36.5 Å². The van der Waals surface area contributed by atoms with Crippen molar-refractivity contribution in [1.29, 1.82) is 0 Å². The van der Waals surface area contributed by atoms with Gasteiger partial charge < -0.3 is 10.6 Å². The first kappa shape index (κ1) is 18.7. The molecule has 0 saturated heterocycles. The Hall–Kier alpha value is -2.08. The Bertz CT molecular complexity index is 754. The third kappa shape index (κ3) is 5.46. The lowest BCUT2D eigenvalue weighted by molar-refractivity contribution is -0.119. The number of anilines is 1. The molecule has 0 radical (unpaired) electrons. The van der Waals surface area contributed by atoms with Crippen LogP contribution in [0.3, 0.4) is 0 Å². The number of pyridine rings is 1. The van der Waals surface area contributed by atoms with E-state index in [1.165, 1.54) is 25.7 Å². The summed E-state index contributed by atoms with van der Waals surface area (Å²) < 4.78 is 0. The molecule has 0 bridgehead atoms. The highest BCUT2D eigenvalue weighted by atomic mass is 32.2. The van der Waals surface area contributed by atoms with Gasteiger partial charge in [0.25, 0.3) is 0 Å². The van der Waals surface area contributed by atoms with Crippen molar-refractivity contribution in [2.45, 2.75) is 43.8 Å². The van der Waals surface area contributed by atoms with Gasteiger partial charge in [-0.25, -0.2) is 0 Å². The number of fused-ring (bicyclic) bond motifs is 1. The number of carbonyl (C=O) groups excluding carboxylic acids is 2. The van der Waals surface area contributed by atoms with Gasteiger partial charge in [-0.15, -0.1) is 11.8 Å². The minimum Gasteiger partial charge on any atom is -0.355 e. The van der Waals surface area contributed by atoms with Gasteiger partial charge in [-0.2, -0.15) is 0 Å². The number of nitrogens with zero attached hydrogens (tertiary/aromatic N) is 1. The predicted octanol–water partition coefficient (Wildman–Crippen LogP) is 3.75. The zero-order chi connectivity index (χ0) is 18.2. The number of hydrogen-bond acceptors (Lipinski definition) is 4. The van der Waals surface area contributed by atoms with E-state index in [1.807, 2.05) is 30.3 Å². The Kier molecular flexibility index (Phi) is 6.89. The number of amides is 2. The largest absolute Gasteiger partial charge is 0.355 e. The molecule has 0 atom stereocenters. The number of hydrogen-bond donors (Lipinski definition) is 2. The summed E-state index contributed by atoms with van der Waals surface area (Å²) in [7, 11) is 0. The molecule has 26 heavy (non-hydrogen) atoms. The van der Waals surface area contributed by atoms with Crippen LogP contribution in [0, 0.1) is 0 Å². The topological polar surface area (TPSA) is 71.1 Å². The fraction of sp³-hybridized carbons (Fsp3) is 0.450. The van der Waals surface area contributed by atoms with Crippen molar-refractivity contribution in [2.24, 2.45) is 0 Å². The van der Waals surface area contributed by atoms with Gasteiger partial charge in [-0.05, 0) is 31.4 Å². The number of nitrogens with one attached hydrogen (secondary N) is 2.